The van der Waals surface area contributed by atoms with Gasteiger partial charge in [0.15, 0.2) is 5.82 Å². The first-order chi connectivity index (χ1) is 13.6. The van der Waals surface area contributed by atoms with Gasteiger partial charge in [-0.15, -0.1) is 0 Å². The number of hydrogen-bond acceptors (Lipinski definition) is 2. The molecule has 0 aliphatic carbocycles. The van der Waals surface area contributed by atoms with E-state index in [2.05, 4.69) is 34.9 Å². The quantitative estimate of drug-likeness (QED) is 0.603. The predicted molar refractivity (Wildman–Crippen MR) is 116 cm³/mol. The van der Waals surface area contributed by atoms with Crippen LogP contribution >= 0.6 is 0 Å². The standard InChI is InChI=1S/C18H19N3O2.C3H8.C2H6/c1-2-4-14-13-6-5-12(18(22)23)11-15(13)21-9-3-8-20-10-7-19-17(20)16(14)21;1-3-2;1-2/h5-7,10-11H,2-4,8-9H2,1H3,(H,22,23);3H2,1-2H3;1-2H3. The minimum absolute atomic E-state index is 0.341. The van der Waals surface area contributed by atoms with Crippen molar-refractivity contribution in [3.8, 4) is 11.5 Å². The van der Waals surface area contributed by atoms with Crippen molar-refractivity contribution in [2.24, 2.45) is 0 Å². The lowest BCUT2D eigenvalue weighted by Gasteiger charge is -2.07. The molecule has 152 valence electrons. The van der Waals surface area contributed by atoms with Gasteiger partial charge < -0.3 is 14.2 Å². The number of rotatable bonds is 3. The lowest BCUT2D eigenvalue weighted by Crippen LogP contribution is -2.01. The first kappa shape index (κ1) is 21.7. The molecule has 0 spiro atoms. The third-order valence-corrected chi connectivity index (χ3v) is 4.62. The van der Waals surface area contributed by atoms with E-state index in [1.54, 1.807) is 12.1 Å². The zero-order valence-electron chi connectivity index (χ0n) is 17.8. The second-order valence-corrected chi connectivity index (χ2v) is 6.77. The van der Waals surface area contributed by atoms with Crippen LogP contribution in [0.25, 0.3) is 22.4 Å². The molecule has 0 fully saturated rings. The van der Waals surface area contributed by atoms with Crippen LogP contribution in [0.1, 0.15) is 69.8 Å². The lowest BCUT2D eigenvalue weighted by molar-refractivity contribution is 0.0697. The zero-order valence-corrected chi connectivity index (χ0v) is 17.8. The molecule has 4 rings (SSSR count). The molecule has 0 saturated heterocycles. The van der Waals surface area contributed by atoms with Crippen molar-refractivity contribution in [2.45, 2.75) is 73.4 Å². The minimum atomic E-state index is -0.880. The average Bonchev–Trinajstić information content (AvgIpc) is 3.22. The van der Waals surface area contributed by atoms with Crippen LogP contribution in [0.4, 0.5) is 0 Å². The Bertz CT molecular complexity index is 921. The number of nitrogens with zero attached hydrogens (tertiary/aromatic N) is 3. The fourth-order valence-electron chi connectivity index (χ4n) is 3.65. The number of aryl methyl sites for hydroxylation is 3. The summed E-state index contributed by atoms with van der Waals surface area (Å²) < 4.78 is 4.47. The van der Waals surface area contributed by atoms with E-state index in [4.69, 9.17) is 0 Å². The largest absolute Gasteiger partial charge is 0.478 e. The van der Waals surface area contributed by atoms with E-state index in [-0.39, 0.29) is 0 Å². The summed E-state index contributed by atoms with van der Waals surface area (Å²) in [4.78, 5) is 15.9. The molecule has 28 heavy (non-hydrogen) atoms. The van der Waals surface area contributed by atoms with E-state index in [1.165, 1.54) is 12.0 Å². The van der Waals surface area contributed by atoms with Crippen LogP contribution in [-0.4, -0.2) is 25.2 Å². The second-order valence-electron chi connectivity index (χ2n) is 6.77. The molecule has 1 aliphatic heterocycles. The molecule has 0 amide bonds. The number of aromatic carboxylic acids is 1. The molecule has 0 saturated carbocycles. The van der Waals surface area contributed by atoms with Gasteiger partial charge in [-0.05, 0) is 30.5 Å². The van der Waals surface area contributed by atoms with Crippen LogP contribution in [0.2, 0.25) is 0 Å². The van der Waals surface area contributed by atoms with Gasteiger partial charge in [-0.2, -0.15) is 0 Å². The highest BCUT2D eigenvalue weighted by atomic mass is 16.4. The SMILES string of the molecule is CC.CCC.CCCc1c2n(c3cc(C(=O)O)ccc13)CCCn1ccnc1-2. The summed E-state index contributed by atoms with van der Waals surface area (Å²) in [5, 5.41) is 10.5. The van der Waals surface area contributed by atoms with E-state index in [0.29, 0.717) is 5.56 Å². The molecule has 5 heteroatoms. The molecule has 3 heterocycles. The van der Waals surface area contributed by atoms with Crippen LogP contribution in [0.3, 0.4) is 0 Å². The smallest absolute Gasteiger partial charge is 0.335 e. The van der Waals surface area contributed by atoms with E-state index >= 15 is 0 Å². The zero-order chi connectivity index (χ0) is 20.7. The van der Waals surface area contributed by atoms with E-state index in [0.717, 1.165) is 54.8 Å². The Morgan fingerprint density at radius 3 is 2.54 bits per heavy atom. The summed E-state index contributed by atoms with van der Waals surface area (Å²) in [6, 6.07) is 5.47. The molecule has 0 unspecified atom stereocenters. The van der Waals surface area contributed by atoms with Crippen molar-refractivity contribution in [1.29, 1.82) is 0 Å². The second kappa shape index (κ2) is 10.1. The number of carboxylic acids is 1. The Kier molecular flexibility index (Phi) is 7.85. The molecule has 1 aliphatic rings. The van der Waals surface area contributed by atoms with Crippen molar-refractivity contribution in [3.05, 3.63) is 41.7 Å². The highest BCUT2D eigenvalue weighted by molar-refractivity contribution is 5.97. The fraction of sp³-hybridized carbons (Fsp3) is 0.478. The van der Waals surface area contributed by atoms with Crippen molar-refractivity contribution in [1.82, 2.24) is 14.1 Å². The summed E-state index contributed by atoms with van der Waals surface area (Å²) >= 11 is 0. The van der Waals surface area contributed by atoms with Gasteiger partial charge in [-0.3, -0.25) is 0 Å². The topological polar surface area (TPSA) is 60.1 Å². The van der Waals surface area contributed by atoms with Crippen LogP contribution in [0.5, 0.6) is 0 Å². The van der Waals surface area contributed by atoms with Gasteiger partial charge in [0, 0.05) is 36.4 Å². The molecule has 0 atom stereocenters. The molecular formula is C23H33N3O2. The average molecular weight is 384 g/mol. The number of aromatic nitrogens is 3. The highest BCUT2D eigenvalue weighted by Gasteiger charge is 2.24. The molecule has 0 radical (unpaired) electrons. The van der Waals surface area contributed by atoms with Crippen molar-refractivity contribution in [2.75, 3.05) is 0 Å². The Balaban J connectivity index is 0.000000514. The summed E-state index contributed by atoms with van der Waals surface area (Å²) in [7, 11) is 0. The van der Waals surface area contributed by atoms with Gasteiger partial charge >= 0.3 is 5.97 Å². The van der Waals surface area contributed by atoms with Gasteiger partial charge in [-0.25, -0.2) is 9.78 Å². The van der Waals surface area contributed by atoms with Gasteiger partial charge in [0.25, 0.3) is 0 Å². The van der Waals surface area contributed by atoms with Gasteiger partial charge in [0.2, 0.25) is 0 Å². The van der Waals surface area contributed by atoms with E-state index in [9.17, 15) is 9.90 Å². The molecule has 5 nitrogen and oxygen atoms in total. The molecule has 0 bridgehead atoms. The van der Waals surface area contributed by atoms with Crippen LogP contribution in [0, 0.1) is 0 Å². The van der Waals surface area contributed by atoms with Gasteiger partial charge in [0.1, 0.15) is 0 Å². The number of carbonyl (C=O) groups is 1. The van der Waals surface area contributed by atoms with Crippen molar-refractivity contribution >= 4 is 16.9 Å². The summed E-state index contributed by atoms with van der Waals surface area (Å²) in [5.41, 5.74) is 3.80. The molecular weight excluding hydrogens is 350 g/mol. The Hall–Kier alpha value is -2.56. The summed E-state index contributed by atoms with van der Waals surface area (Å²) in [5.74, 6) is 0.119. The van der Waals surface area contributed by atoms with E-state index in [1.807, 2.05) is 32.3 Å². The Morgan fingerprint density at radius 1 is 1.18 bits per heavy atom. The Labute approximate surface area is 168 Å². The maximum atomic E-state index is 11.3. The van der Waals surface area contributed by atoms with Crippen molar-refractivity contribution < 1.29 is 9.90 Å². The third-order valence-electron chi connectivity index (χ3n) is 4.62. The fourth-order valence-corrected chi connectivity index (χ4v) is 3.65. The van der Waals surface area contributed by atoms with E-state index < -0.39 is 5.97 Å². The normalized spacial score (nSPS) is 12.0. The third kappa shape index (κ3) is 4.13. The van der Waals surface area contributed by atoms with Crippen LogP contribution < -0.4 is 0 Å². The highest BCUT2D eigenvalue weighted by Crippen LogP contribution is 2.36. The van der Waals surface area contributed by atoms with Gasteiger partial charge in [-0.1, -0.05) is 53.5 Å². The molecule has 1 N–H and O–H groups in total. The lowest BCUT2D eigenvalue weighted by atomic mass is 10.0. The first-order valence-corrected chi connectivity index (χ1v) is 10.5. The molecule has 1 aromatic carbocycles. The Morgan fingerprint density at radius 2 is 1.89 bits per heavy atom. The monoisotopic (exact) mass is 383 g/mol. The summed E-state index contributed by atoms with van der Waals surface area (Å²) in [6.45, 7) is 12.3. The van der Waals surface area contributed by atoms with Crippen LogP contribution in [-0.2, 0) is 19.5 Å². The number of benzene rings is 1. The number of hydrogen-bond donors (Lipinski definition) is 1. The van der Waals surface area contributed by atoms with Crippen LogP contribution in [0.15, 0.2) is 30.6 Å². The molecule has 2 aromatic heterocycles. The van der Waals surface area contributed by atoms with Crippen molar-refractivity contribution in [3.63, 3.8) is 0 Å². The minimum Gasteiger partial charge on any atom is -0.478 e. The maximum Gasteiger partial charge on any atom is 0.335 e. The van der Waals surface area contributed by atoms with Gasteiger partial charge in [0.05, 0.1) is 11.3 Å². The number of carboxylic acid groups (broad SMARTS) is 1. The maximum absolute atomic E-state index is 11.3. The number of fused-ring (bicyclic) bond motifs is 5. The molecule has 3 aromatic rings. The predicted octanol–water partition coefficient (Wildman–Crippen LogP) is 6.00. The number of imidazole rings is 1. The first-order valence-electron chi connectivity index (χ1n) is 10.5. The summed E-state index contributed by atoms with van der Waals surface area (Å²) in [6.07, 6.45) is 8.16.